The zero-order chi connectivity index (χ0) is 18.7. The van der Waals surface area contributed by atoms with Crippen LogP contribution in [-0.4, -0.2) is 40.7 Å². The summed E-state index contributed by atoms with van der Waals surface area (Å²) in [5.74, 6) is 0.354. The molecule has 2 fully saturated rings. The number of carbonyl (C=O) groups excluding carboxylic acids is 1. The van der Waals surface area contributed by atoms with Crippen LogP contribution in [-0.2, 0) is 4.74 Å². The first-order valence-corrected chi connectivity index (χ1v) is 9.80. The van der Waals surface area contributed by atoms with E-state index in [1.165, 1.54) is 0 Å². The molecule has 2 N–H and O–H groups in total. The molecule has 3 atom stereocenters. The number of rotatable bonds is 5. The highest BCUT2D eigenvalue weighted by Gasteiger charge is 2.33. The van der Waals surface area contributed by atoms with Gasteiger partial charge in [0.05, 0.1) is 12.2 Å². The van der Waals surface area contributed by atoms with Crippen molar-refractivity contribution in [1.82, 2.24) is 20.4 Å². The van der Waals surface area contributed by atoms with Gasteiger partial charge in [-0.2, -0.15) is 5.10 Å². The van der Waals surface area contributed by atoms with E-state index in [0.717, 1.165) is 24.8 Å². The number of hydrogen-bond acceptors (Lipinski definition) is 3. The largest absolute Gasteiger partial charge is 0.371 e. The molecule has 0 bridgehead atoms. The monoisotopic (exact) mass is 366 g/mol. The van der Waals surface area contributed by atoms with E-state index >= 15 is 0 Å². The Morgan fingerprint density at radius 3 is 2.65 bits per heavy atom. The number of nitrogens with zero attached hydrogens (tertiary/aromatic N) is 2. The van der Waals surface area contributed by atoms with E-state index in [9.17, 15) is 9.18 Å². The van der Waals surface area contributed by atoms with Gasteiger partial charge in [0, 0.05) is 30.5 Å². The quantitative estimate of drug-likeness (QED) is 0.838. The van der Waals surface area contributed by atoms with Crippen LogP contribution in [0.25, 0.3) is 0 Å². The van der Waals surface area contributed by atoms with E-state index in [-0.39, 0.29) is 24.2 Å². The molecule has 2 aliphatic rings. The fourth-order valence-corrected chi connectivity index (χ4v) is 3.96. The molecule has 7 heteroatoms. The Kier molecular flexibility index (Phi) is 6.16. The van der Waals surface area contributed by atoms with E-state index in [2.05, 4.69) is 29.6 Å². The van der Waals surface area contributed by atoms with Gasteiger partial charge < -0.3 is 15.4 Å². The molecular weight excluding hydrogens is 335 g/mol. The molecule has 0 radical (unpaired) electrons. The zero-order valence-corrected chi connectivity index (χ0v) is 16.0. The van der Waals surface area contributed by atoms with E-state index < -0.39 is 6.17 Å². The molecule has 0 spiro atoms. The summed E-state index contributed by atoms with van der Waals surface area (Å²) in [6, 6.07) is 0.109. The van der Waals surface area contributed by atoms with Crippen molar-refractivity contribution in [3.05, 3.63) is 18.0 Å². The molecule has 146 valence electrons. The van der Waals surface area contributed by atoms with Crippen LogP contribution in [0.15, 0.2) is 12.4 Å². The smallest absolute Gasteiger partial charge is 0.315 e. The molecule has 1 unspecified atom stereocenters. The minimum Gasteiger partial charge on any atom is -0.371 e. The van der Waals surface area contributed by atoms with Gasteiger partial charge in [0.1, 0.15) is 12.3 Å². The lowest BCUT2D eigenvalue weighted by molar-refractivity contribution is 0.0994. The number of nitrogens with one attached hydrogen (secondary N) is 2. The molecule has 3 rings (SSSR count). The van der Waals surface area contributed by atoms with Crippen LogP contribution in [0.5, 0.6) is 0 Å². The molecule has 26 heavy (non-hydrogen) atoms. The Hall–Kier alpha value is -1.63. The number of carbonyl (C=O) groups is 1. The lowest BCUT2D eigenvalue weighted by Gasteiger charge is -2.30. The molecular formula is C19H31FN4O2. The highest BCUT2D eigenvalue weighted by Crippen LogP contribution is 2.30. The molecule has 1 aromatic heterocycles. The maximum atomic E-state index is 13.3. The predicted molar refractivity (Wildman–Crippen MR) is 97.7 cm³/mol. The van der Waals surface area contributed by atoms with Crippen molar-refractivity contribution < 1.29 is 13.9 Å². The van der Waals surface area contributed by atoms with E-state index in [4.69, 9.17) is 4.74 Å². The number of amides is 2. The first kappa shape index (κ1) is 19.1. The molecule has 2 heterocycles. The summed E-state index contributed by atoms with van der Waals surface area (Å²) in [5, 5.41) is 10.5. The van der Waals surface area contributed by atoms with Crippen LogP contribution < -0.4 is 10.6 Å². The normalized spacial score (nSPS) is 30.3. The summed E-state index contributed by atoms with van der Waals surface area (Å²) in [6.07, 6.45) is 6.66. The highest BCUT2D eigenvalue weighted by molar-refractivity contribution is 5.74. The van der Waals surface area contributed by atoms with Crippen LogP contribution in [0.4, 0.5) is 9.18 Å². The third-order valence-electron chi connectivity index (χ3n) is 5.65. The minimum absolute atomic E-state index is 0.0481. The highest BCUT2D eigenvalue weighted by atomic mass is 19.1. The van der Waals surface area contributed by atoms with Gasteiger partial charge in [-0.3, -0.25) is 4.68 Å². The summed E-state index contributed by atoms with van der Waals surface area (Å²) in [5.41, 5.74) is 0.996. The van der Waals surface area contributed by atoms with Gasteiger partial charge in [0.15, 0.2) is 0 Å². The fraction of sp³-hybridized carbons (Fsp3) is 0.789. The predicted octanol–water partition coefficient (Wildman–Crippen LogP) is 3.51. The van der Waals surface area contributed by atoms with Gasteiger partial charge in [-0.05, 0) is 58.8 Å². The number of halogens is 1. The number of alkyl halides is 1. The van der Waals surface area contributed by atoms with Crippen molar-refractivity contribution in [3.8, 4) is 0 Å². The van der Waals surface area contributed by atoms with Crippen LogP contribution in [0.3, 0.4) is 0 Å². The van der Waals surface area contributed by atoms with E-state index in [0.29, 0.717) is 31.4 Å². The van der Waals surface area contributed by atoms with Gasteiger partial charge in [-0.25, -0.2) is 9.18 Å². The maximum absolute atomic E-state index is 13.3. The third-order valence-corrected chi connectivity index (χ3v) is 5.65. The number of hydrogen-bond donors (Lipinski definition) is 2. The topological polar surface area (TPSA) is 68.2 Å². The Morgan fingerprint density at radius 2 is 2.00 bits per heavy atom. The van der Waals surface area contributed by atoms with E-state index in [1.807, 2.05) is 24.0 Å². The van der Waals surface area contributed by atoms with Crippen molar-refractivity contribution in [2.45, 2.75) is 83.3 Å². The van der Waals surface area contributed by atoms with E-state index in [1.54, 1.807) is 0 Å². The van der Waals surface area contributed by atoms with Gasteiger partial charge in [-0.1, -0.05) is 0 Å². The molecule has 0 aromatic carbocycles. The Bertz CT molecular complexity index is 598. The van der Waals surface area contributed by atoms with Gasteiger partial charge in [0.2, 0.25) is 0 Å². The second kappa shape index (κ2) is 8.37. The molecule has 1 aliphatic carbocycles. The third kappa shape index (κ3) is 4.55. The average molecular weight is 366 g/mol. The molecule has 2 amide bonds. The van der Waals surface area contributed by atoms with Crippen molar-refractivity contribution >= 4 is 6.03 Å². The van der Waals surface area contributed by atoms with Crippen LogP contribution in [0.1, 0.15) is 70.6 Å². The first-order valence-electron chi connectivity index (χ1n) is 9.80. The maximum Gasteiger partial charge on any atom is 0.315 e. The average Bonchev–Trinajstić information content (AvgIpc) is 3.24. The summed E-state index contributed by atoms with van der Waals surface area (Å²) < 4.78 is 21.0. The van der Waals surface area contributed by atoms with Crippen LogP contribution in [0, 0.1) is 5.92 Å². The standard InChI is InChI=1S/C19H31FN4O2/c1-12(2)24-11-15(10-21-24)18-17(8-9-26-18)23-19(25)22-13(3)14-4-6-16(20)7-5-14/h10-14,16-18H,4-9H2,1-3H3,(H2,22,23,25)/t13?,14?,16?,17-,18+/m0/s1. The fourth-order valence-electron chi connectivity index (χ4n) is 3.96. The van der Waals surface area contributed by atoms with Gasteiger partial charge >= 0.3 is 6.03 Å². The lowest BCUT2D eigenvalue weighted by Crippen LogP contribution is -2.48. The number of urea groups is 1. The lowest BCUT2D eigenvalue weighted by atomic mass is 9.84. The summed E-state index contributed by atoms with van der Waals surface area (Å²) >= 11 is 0. The Labute approximate surface area is 154 Å². The molecule has 6 nitrogen and oxygen atoms in total. The van der Waals surface area contributed by atoms with Crippen LogP contribution >= 0.6 is 0 Å². The van der Waals surface area contributed by atoms with Crippen molar-refractivity contribution in [3.63, 3.8) is 0 Å². The van der Waals surface area contributed by atoms with Crippen LogP contribution in [0.2, 0.25) is 0 Å². The van der Waals surface area contributed by atoms with Gasteiger partial charge in [-0.15, -0.1) is 0 Å². The van der Waals surface area contributed by atoms with Gasteiger partial charge in [0.25, 0.3) is 0 Å². The molecule has 1 aliphatic heterocycles. The molecule has 1 saturated heterocycles. The molecule has 1 saturated carbocycles. The van der Waals surface area contributed by atoms with Crippen molar-refractivity contribution in [2.75, 3.05) is 6.61 Å². The summed E-state index contributed by atoms with van der Waals surface area (Å²) in [6.45, 7) is 6.79. The number of ether oxygens (including phenoxy) is 1. The van der Waals surface area contributed by atoms with Crippen molar-refractivity contribution in [1.29, 1.82) is 0 Å². The summed E-state index contributed by atoms with van der Waals surface area (Å²) in [4.78, 5) is 12.4. The summed E-state index contributed by atoms with van der Waals surface area (Å²) in [7, 11) is 0. The Balaban J connectivity index is 1.52. The number of aromatic nitrogens is 2. The zero-order valence-electron chi connectivity index (χ0n) is 16.0. The minimum atomic E-state index is -0.671. The Morgan fingerprint density at radius 1 is 1.27 bits per heavy atom. The SMILES string of the molecule is CC(NC(=O)N[C@H]1CCO[C@@H]1c1cnn(C(C)C)c1)C1CCC(F)CC1. The first-order chi connectivity index (χ1) is 12.4. The van der Waals surface area contributed by atoms with Crippen molar-refractivity contribution in [2.24, 2.45) is 5.92 Å². The second-order valence-electron chi connectivity index (χ2n) is 7.95. The second-order valence-corrected chi connectivity index (χ2v) is 7.95. The molecule has 1 aromatic rings.